The maximum Gasteiger partial charge on any atom is -0.00161 e. The van der Waals surface area contributed by atoms with E-state index >= 15 is 0 Å². The summed E-state index contributed by atoms with van der Waals surface area (Å²) in [5.41, 5.74) is 0. The molecule has 0 unspecified atom stereocenters. The third-order valence-electron chi connectivity index (χ3n) is 4.85. The molecule has 1 heteroatoms. The predicted octanol–water partition coefficient (Wildman–Crippen LogP) is 4.08. The fraction of sp³-hybridized carbons (Fsp3) is 1.00. The summed E-state index contributed by atoms with van der Waals surface area (Å²) in [6.45, 7) is 6.51. The lowest BCUT2D eigenvalue weighted by molar-refractivity contribution is 0.188. The Balaban J connectivity index is 1.59. The van der Waals surface area contributed by atoms with Crippen molar-refractivity contribution in [3.63, 3.8) is 0 Å². The summed E-state index contributed by atoms with van der Waals surface area (Å²) < 4.78 is 0. The van der Waals surface area contributed by atoms with Gasteiger partial charge < -0.3 is 4.90 Å². The lowest BCUT2D eigenvalue weighted by atomic mass is 9.79. The van der Waals surface area contributed by atoms with Crippen LogP contribution >= 0.6 is 0 Å². The van der Waals surface area contributed by atoms with Gasteiger partial charge in [0, 0.05) is 0 Å². The third kappa shape index (κ3) is 3.76. The summed E-state index contributed by atoms with van der Waals surface area (Å²) in [6.07, 6.45) is 13.3. The molecule has 1 saturated heterocycles. The van der Waals surface area contributed by atoms with Gasteiger partial charge in [-0.15, -0.1) is 0 Å². The first-order chi connectivity index (χ1) is 7.88. The molecular weight excluding hydrogens is 194 g/mol. The summed E-state index contributed by atoms with van der Waals surface area (Å²) in [5, 5.41) is 0. The van der Waals surface area contributed by atoms with Crippen molar-refractivity contribution in [3.8, 4) is 0 Å². The predicted molar refractivity (Wildman–Crippen MR) is 70.6 cm³/mol. The monoisotopic (exact) mass is 223 g/mol. The van der Waals surface area contributed by atoms with Gasteiger partial charge in [-0.05, 0) is 50.7 Å². The van der Waals surface area contributed by atoms with Gasteiger partial charge in [-0.3, -0.25) is 0 Å². The molecule has 2 fully saturated rings. The molecule has 1 heterocycles. The Bertz CT molecular complexity index is 176. The summed E-state index contributed by atoms with van der Waals surface area (Å²) in [4.78, 5) is 2.70. The van der Waals surface area contributed by atoms with Crippen molar-refractivity contribution < 1.29 is 0 Å². The average Bonchev–Trinajstić information content (AvgIpc) is 2.38. The molecule has 0 radical (unpaired) electrons. The van der Waals surface area contributed by atoms with Crippen molar-refractivity contribution in [1.29, 1.82) is 0 Å². The van der Waals surface area contributed by atoms with Gasteiger partial charge in [0.2, 0.25) is 0 Å². The smallest absolute Gasteiger partial charge is 0.00161 e. The van der Waals surface area contributed by atoms with E-state index in [2.05, 4.69) is 11.8 Å². The second-order valence-corrected chi connectivity index (χ2v) is 5.99. The van der Waals surface area contributed by atoms with E-state index < -0.39 is 0 Å². The number of hydrogen-bond acceptors (Lipinski definition) is 1. The normalized spacial score (nSPS) is 32.8. The molecule has 0 aromatic carbocycles. The van der Waals surface area contributed by atoms with Crippen LogP contribution in [0.3, 0.4) is 0 Å². The molecule has 1 aliphatic heterocycles. The van der Waals surface area contributed by atoms with E-state index in [9.17, 15) is 0 Å². The van der Waals surface area contributed by atoms with Crippen LogP contribution in [-0.2, 0) is 0 Å². The van der Waals surface area contributed by atoms with Crippen LogP contribution < -0.4 is 0 Å². The van der Waals surface area contributed by atoms with Crippen molar-refractivity contribution in [2.75, 3.05) is 19.6 Å². The molecule has 2 rings (SSSR count). The number of nitrogens with zero attached hydrogens (tertiary/aromatic N) is 1. The van der Waals surface area contributed by atoms with Gasteiger partial charge in [0.05, 0.1) is 0 Å². The van der Waals surface area contributed by atoms with Crippen molar-refractivity contribution in [2.45, 2.75) is 64.7 Å². The number of rotatable bonds is 4. The van der Waals surface area contributed by atoms with Crippen LogP contribution in [0, 0.1) is 11.8 Å². The van der Waals surface area contributed by atoms with Gasteiger partial charge in [0.15, 0.2) is 0 Å². The Morgan fingerprint density at radius 3 is 2.12 bits per heavy atom. The van der Waals surface area contributed by atoms with Crippen molar-refractivity contribution in [3.05, 3.63) is 0 Å². The highest BCUT2D eigenvalue weighted by Gasteiger charge is 2.20. The van der Waals surface area contributed by atoms with Crippen molar-refractivity contribution in [2.24, 2.45) is 11.8 Å². The van der Waals surface area contributed by atoms with Gasteiger partial charge in [0.25, 0.3) is 0 Å². The van der Waals surface area contributed by atoms with Crippen LogP contribution in [-0.4, -0.2) is 24.5 Å². The molecule has 2 aliphatic rings. The second kappa shape index (κ2) is 6.64. The fourth-order valence-electron chi connectivity index (χ4n) is 3.48. The Labute approximate surface area is 102 Å². The molecule has 1 saturated carbocycles. The topological polar surface area (TPSA) is 3.24 Å². The molecule has 0 N–H and O–H groups in total. The molecule has 16 heavy (non-hydrogen) atoms. The second-order valence-electron chi connectivity index (χ2n) is 5.99. The highest BCUT2D eigenvalue weighted by molar-refractivity contribution is 4.74. The van der Waals surface area contributed by atoms with Gasteiger partial charge in [0.1, 0.15) is 0 Å². The molecule has 0 amide bonds. The summed E-state index contributed by atoms with van der Waals surface area (Å²) in [7, 11) is 0. The molecule has 1 aliphatic carbocycles. The Morgan fingerprint density at radius 1 is 0.875 bits per heavy atom. The largest absolute Gasteiger partial charge is 0.303 e. The van der Waals surface area contributed by atoms with E-state index in [1.54, 1.807) is 0 Å². The Kier molecular flexibility index (Phi) is 5.15. The first-order valence-corrected chi connectivity index (χ1v) is 7.61. The fourth-order valence-corrected chi connectivity index (χ4v) is 3.48. The van der Waals surface area contributed by atoms with Crippen LogP contribution in [0.1, 0.15) is 64.7 Å². The summed E-state index contributed by atoms with van der Waals surface area (Å²) >= 11 is 0. The zero-order valence-corrected chi connectivity index (χ0v) is 11.1. The van der Waals surface area contributed by atoms with E-state index in [0.717, 1.165) is 11.8 Å². The number of piperidine rings is 1. The van der Waals surface area contributed by atoms with E-state index in [4.69, 9.17) is 0 Å². The Hall–Kier alpha value is -0.0400. The molecule has 0 bridgehead atoms. The SMILES string of the molecule is CCC1CCC(CCN2CCCCC2)CC1. The number of likely N-dealkylation sites (tertiary alicyclic amines) is 1. The quantitative estimate of drug-likeness (QED) is 0.694. The van der Waals surface area contributed by atoms with Crippen LogP contribution in [0.25, 0.3) is 0 Å². The lowest BCUT2D eigenvalue weighted by Gasteiger charge is -2.31. The molecule has 0 spiro atoms. The zero-order chi connectivity index (χ0) is 11.2. The zero-order valence-electron chi connectivity index (χ0n) is 11.1. The van der Waals surface area contributed by atoms with Crippen LogP contribution in [0.2, 0.25) is 0 Å². The van der Waals surface area contributed by atoms with Gasteiger partial charge >= 0.3 is 0 Å². The maximum atomic E-state index is 2.70. The van der Waals surface area contributed by atoms with Gasteiger partial charge in [-0.2, -0.15) is 0 Å². The van der Waals surface area contributed by atoms with E-state index in [1.807, 2.05) is 0 Å². The molecule has 0 aromatic heterocycles. The van der Waals surface area contributed by atoms with Crippen LogP contribution in [0.4, 0.5) is 0 Å². The van der Waals surface area contributed by atoms with Gasteiger partial charge in [-0.25, -0.2) is 0 Å². The summed E-state index contributed by atoms with van der Waals surface area (Å²) in [5.74, 6) is 2.12. The third-order valence-corrected chi connectivity index (χ3v) is 4.85. The van der Waals surface area contributed by atoms with Crippen LogP contribution in [0.15, 0.2) is 0 Å². The van der Waals surface area contributed by atoms with Crippen LogP contribution in [0.5, 0.6) is 0 Å². The summed E-state index contributed by atoms with van der Waals surface area (Å²) in [6, 6.07) is 0. The van der Waals surface area contributed by atoms with E-state index in [0.29, 0.717) is 0 Å². The minimum Gasteiger partial charge on any atom is -0.303 e. The van der Waals surface area contributed by atoms with Crippen molar-refractivity contribution >= 4 is 0 Å². The molecule has 0 atom stereocenters. The van der Waals surface area contributed by atoms with E-state index in [-0.39, 0.29) is 0 Å². The highest BCUT2D eigenvalue weighted by atomic mass is 15.1. The molecule has 94 valence electrons. The minimum absolute atomic E-state index is 1.06. The Morgan fingerprint density at radius 2 is 1.50 bits per heavy atom. The van der Waals surface area contributed by atoms with Crippen molar-refractivity contribution in [1.82, 2.24) is 4.90 Å². The molecule has 1 nitrogen and oxygen atoms in total. The minimum atomic E-state index is 1.06. The average molecular weight is 223 g/mol. The number of hydrogen-bond donors (Lipinski definition) is 0. The first kappa shape index (κ1) is 12.4. The van der Waals surface area contributed by atoms with E-state index in [1.165, 1.54) is 77.4 Å². The molecular formula is C15H29N. The maximum absolute atomic E-state index is 2.70. The molecule has 0 aromatic rings. The highest BCUT2D eigenvalue weighted by Crippen LogP contribution is 2.32. The first-order valence-electron chi connectivity index (χ1n) is 7.61. The lowest BCUT2D eigenvalue weighted by Crippen LogP contribution is -2.32. The van der Waals surface area contributed by atoms with Gasteiger partial charge in [-0.1, -0.05) is 45.4 Å². The standard InChI is InChI=1S/C15H29N/c1-2-14-6-8-15(9-7-14)10-13-16-11-4-3-5-12-16/h14-15H,2-13H2,1H3.